The minimum Gasteiger partial charge on any atom is -0.394 e. The first-order chi connectivity index (χ1) is 8.93. The number of aliphatic hydroxyl groups is 1. The van der Waals surface area contributed by atoms with Crippen molar-refractivity contribution in [1.82, 2.24) is 4.90 Å². The van der Waals surface area contributed by atoms with E-state index in [1.165, 1.54) is 5.56 Å². The highest BCUT2D eigenvalue weighted by Crippen LogP contribution is 2.24. The van der Waals surface area contributed by atoms with Crippen molar-refractivity contribution in [3.05, 3.63) is 35.4 Å². The Labute approximate surface area is 115 Å². The summed E-state index contributed by atoms with van der Waals surface area (Å²) >= 11 is 0. The van der Waals surface area contributed by atoms with Gasteiger partial charge in [0.15, 0.2) is 0 Å². The minimum atomic E-state index is -0.00482. The highest BCUT2D eigenvalue weighted by atomic mass is 16.3. The number of hydrogen-bond donors (Lipinski definition) is 1. The van der Waals surface area contributed by atoms with E-state index in [-0.39, 0.29) is 24.0 Å². The molecule has 104 valence electrons. The van der Waals surface area contributed by atoms with Crippen molar-refractivity contribution in [3.63, 3.8) is 0 Å². The van der Waals surface area contributed by atoms with E-state index in [0.29, 0.717) is 5.56 Å². The van der Waals surface area contributed by atoms with Crippen LogP contribution in [0.3, 0.4) is 0 Å². The molecule has 3 nitrogen and oxygen atoms in total. The highest BCUT2D eigenvalue weighted by Gasteiger charge is 2.28. The van der Waals surface area contributed by atoms with Gasteiger partial charge in [-0.2, -0.15) is 0 Å². The number of amides is 1. The maximum absolute atomic E-state index is 12.4. The maximum atomic E-state index is 12.4. The van der Waals surface area contributed by atoms with E-state index >= 15 is 0 Å². The van der Waals surface area contributed by atoms with E-state index in [2.05, 4.69) is 20.8 Å². The van der Waals surface area contributed by atoms with Gasteiger partial charge >= 0.3 is 0 Å². The molecule has 0 unspecified atom stereocenters. The van der Waals surface area contributed by atoms with Gasteiger partial charge in [-0.25, -0.2) is 0 Å². The normalized spacial score (nSPS) is 19.8. The predicted octanol–water partition coefficient (Wildman–Crippen LogP) is 2.58. The summed E-state index contributed by atoms with van der Waals surface area (Å²) in [6.45, 7) is 7.29. The molecule has 1 N–H and O–H groups in total. The Balaban J connectivity index is 2.16. The van der Waals surface area contributed by atoms with Crippen LogP contribution in [0.15, 0.2) is 24.3 Å². The Kier molecular flexibility index (Phi) is 3.95. The van der Waals surface area contributed by atoms with Gasteiger partial charge in [-0.05, 0) is 36.0 Å². The van der Waals surface area contributed by atoms with Crippen molar-refractivity contribution in [1.29, 1.82) is 0 Å². The molecule has 1 aromatic rings. The zero-order chi connectivity index (χ0) is 14.0. The van der Waals surface area contributed by atoms with E-state index in [4.69, 9.17) is 0 Å². The van der Waals surface area contributed by atoms with Gasteiger partial charge in [0.25, 0.3) is 5.91 Å². The number of nitrogens with zero attached hydrogens (tertiary/aromatic N) is 1. The molecule has 1 aliphatic rings. The number of likely N-dealkylation sites (tertiary alicyclic amines) is 1. The SMILES string of the molecule is CC(C)(C)c1ccc(C(=O)N2CCC[C@@H]2CO)cc1. The van der Waals surface area contributed by atoms with Crippen LogP contribution < -0.4 is 0 Å². The van der Waals surface area contributed by atoms with E-state index in [1.54, 1.807) is 4.90 Å². The van der Waals surface area contributed by atoms with Crippen LogP contribution in [0.4, 0.5) is 0 Å². The summed E-state index contributed by atoms with van der Waals surface area (Å²) in [7, 11) is 0. The van der Waals surface area contributed by atoms with Crippen molar-refractivity contribution in [2.24, 2.45) is 0 Å². The average Bonchev–Trinajstić information content (AvgIpc) is 2.85. The molecule has 19 heavy (non-hydrogen) atoms. The molecule has 0 bridgehead atoms. The lowest BCUT2D eigenvalue weighted by Crippen LogP contribution is -2.37. The number of benzene rings is 1. The van der Waals surface area contributed by atoms with Gasteiger partial charge in [-0.1, -0.05) is 32.9 Å². The van der Waals surface area contributed by atoms with Gasteiger partial charge < -0.3 is 10.0 Å². The van der Waals surface area contributed by atoms with E-state index in [1.807, 2.05) is 24.3 Å². The molecule has 3 heteroatoms. The van der Waals surface area contributed by atoms with E-state index < -0.39 is 0 Å². The number of aliphatic hydroxyl groups excluding tert-OH is 1. The summed E-state index contributed by atoms with van der Waals surface area (Å²) in [6.07, 6.45) is 1.89. The number of hydrogen-bond acceptors (Lipinski definition) is 2. The second-order valence-corrected chi connectivity index (χ2v) is 6.30. The molecule has 0 aromatic heterocycles. The maximum Gasteiger partial charge on any atom is 0.254 e. The van der Waals surface area contributed by atoms with Crippen molar-refractivity contribution in [2.75, 3.05) is 13.2 Å². The molecule has 0 radical (unpaired) electrons. The standard InChI is InChI=1S/C16H23NO2/c1-16(2,3)13-8-6-12(7-9-13)15(19)17-10-4-5-14(17)11-18/h6-9,14,18H,4-5,10-11H2,1-3H3/t14-/m1/s1. The molecule has 1 fully saturated rings. The first-order valence-electron chi connectivity index (χ1n) is 6.96. The number of carbonyl (C=O) groups excluding carboxylic acids is 1. The second-order valence-electron chi connectivity index (χ2n) is 6.30. The lowest BCUT2D eigenvalue weighted by Gasteiger charge is -2.24. The third-order valence-electron chi connectivity index (χ3n) is 3.85. The van der Waals surface area contributed by atoms with Crippen molar-refractivity contribution in [3.8, 4) is 0 Å². The zero-order valence-corrected chi connectivity index (χ0v) is 12.0. The van der Waals surface area contributed by atoms with Gasteiger partial charge in [0.1, 0.15) is 0 Å². The van der Waals surface area contributed by atoms with Crippen LogP contribution in [0, 0.1) is 0 Å². The average molecular weight is 261 g/mol. The van der Waals surface area contributed by atoms with Crippen LogP contribution in [-0.4, -0.2) is 35.1 Å². The molecular weight excluding hydrogens is 238 g/mol. The lowest BCUT2D eigenvalue weighted by molar-refractivity contribution is 0.0677. The van der Waals surface area contributed by atoms with Crippen molar-refractivity contribution >= 4 is 5.91 Å². The summed E-state index contributed by atoms with van der Waals surface area (Å²) in [5, 5.41) is 9.29. The largest absolute Gasteiger partial charge is 0.394 e. The molecular formula is C16H23NO2. The Morgan fingerprint density at radius 3 is 2.47 bits per heavy atom. The molecule has 1 heterocycles. The monoisotopic (exact) mass is 261 g/mol. The van der Waals surface area contributed by atoms with Gasteiger partial charge in [0, 0.05) is 12.1 Å². The third-order valence-corrected chi connectivity index (χ3v) is 3.85. The topological polar surface area (TPSA) is 40.5 Å². The van der Waals surface area contributed by atoms with Crippen LogP contribution in [-0.2, 0) is 5.41 Å². The van der Waals surface area contributed by atoms with Gasteiger partial charge in [-0.3, -0.25) is 4.79 Å². The van der Waals surface area contributed by atoms with Crippen LogP contribution in [0.25, 0.3) is 0 Å². The Hall–Kier alpha value is -1.35. The molecule has 1 aliphatic heterocycles. The summed E-state index contributed by atoms with van der Waals surface area (Å²) in [4.78, 5) is 14.2. The van der Waals surface area contributed by atoms with E-state index in [9.17, 15) is 9.90 Å². The number of rotatable bonds is 2. The first kappa shape index (κ1) is 14.1. The smallest absolute Gasteiger partial charge is 0.254 e. The Bertz CT molecular complexity index is 445. The minimum absolute atomic E-state index is 0.00482. The second kappa shape index (κ2) is 5.33. The van der Waals surface area contributed by atoms with Crippen molar-refractivity contribution < 1.29 is 9.90 Å². The van der Waals surface area contributed by atoms with Crippen molar-refractivity contribution in [2.45, 2.75) is 45.1 Å². The molecule has 0 aliphatic carbocycles. The van der Waals surface area contributed by atoms with Gasteiger partial charge in [0.2, 0.25) is 0 Å². The summed E-state index contributed by atoms with van der Waals surface area (Å²) in [5.74, 6) is 0.0389. The van der Waals surface area contributed by atoms with Crippen LogP contribution >= 0.6 is 0 Å². The van der Waals surface area contributed by atoms with Crippen LogP contribution in [0.2, 0.25) is 0 Å². The molecule has 1 amide bonds. The Morgan fingerprint density at radius 1 is 1.32 bits per heavy atom. The summed E-state index contributed by atoms with van der Waals surface area (Å²) in [5.41, 5.74) is 2.04. The predicted molar refractivity (Wildman–Crippen MR) is 76.3 cm³/mol. The molecule has 1 atom stereocenters. The van der Waals surface area contributed by atoms with E-state index in [0.717, 1.165) is 19.4 Å². The molecule has 1 saturated heterocycles. The zero-order valence-electron chi connectivity index (χ0n) is 12.0. The summed E-state index contributed by atoms with van der Waals surface area (Å²) in [6, 6.07) is 7.84. The molecule has 2 rings (SSSR count). The van der Waals surface area contributed by atoms with Gasteiger partial charge in [0.05, 0.1) is 12.6 Å². The molecule has 1 aromatic carbocycles. The number of carbonyl (C=O) groups is 1. The van der Waals surface area contributed by atoms with Crippen LogP contribution in [0.1, 0.15) is 49.5 Å². The fraction of sp³-hybridized carbons (Fsp3) is 0.562. The molecule has 0 spiro atoms. The fourth-order valence-electron chi connectivity index (χ4n) is 2.57. The molecule has 0 saturated carbocycles. The Morgan fingerprint density at radius 2 is 1.95 bits per heavy atom. The van der Waals surface area contributed by atoms with Crippen LogP contribution in [0.5, 0.6) is 0 Å². The fourth-order valence-corrected chi connectivity index (χ4v) is 2.57. The first-order valence-corrected chi connectivity index (χ1v) is 6.96. The third kappa shape index (κ3) is 2.98. The quantitative estimate of drug-likeness (QED) is 0.889. The highest BCUT2D eigenvalue weighted by molar-refractivity contribution is 5.94. The van der Waals surface area contributed by atoms with Gasteiger partial charge in [-0.15, -0.1) is 0 Å². The summed E-state index contributed by atoms with van der Waals surface area (Å²) < 4.78 is 0. The lowest BCUT2D eigenvalue weighted by atomic mass is 9.86.